The molecule has 0 fully saturated rings. The van der Waals surface area contributed by atoms with Crippen molar-refractivity contribution in [3.63, 3.8) is 0 Å². The van der Waals surface area contributed by atoms with Gasteiger partial charge in [-0.2, -0.15) is 5.10 Å². The summed E-state index contributed by atoms with van der Waals surface area (Å²) in [5.41, 5.74) is 2.63. The third kappa shape index (κ3) is 1.39. The minimum absolute atomic E-state index is 0.0340. The maximum absolute atomic E-state index is 4.12. The molecule has 68 valence electrons. The number of hydrogen-bond acceptors (Lipinski definition) is 3. The van der Waals surface area contributed by atoms with Gasteiger partial charge < -0.3 is 4.98 Å². The van der Waals surface area contributed by atoms with Crippen LogP contribution in [0.3, 0.4) is 0 Å². The van der Waals surface area contributed by atoms with Crippen molar-refractivity contribution in [3.05, 3.63) is 18.1 Å². The Bertz CT molecular complexity index is 424. The van der Waals surface area contributed by atoms with Gasteiger partial charge >= 0.3 is 0 Å². The predicted octanol–water partition coefficient (Wildman–Crippen LogP) is 1.65. The van der Waals surface area contributed by atoms with Crippen molar-refractivity contribution in [2.75, 3.05) is 0 Å². The van der Waals surface area contributed by atoms with Gasteiger partial charge in [-0.1, -0.05) is 20.8 Å². The highest BCUT2D eigenvalue weighted by Crippen LogP contribution is 2.20. The van der Waals surface area contributed by atoms with Crippen LogP contribution < -0.4 is 0 Å². The Kier molecular flexibility index (Phi) is 1.58. The highest BCUT2D eigenvalue weighted by atomic mass is 15.2. The van der Waals surface area contributed by atoms with E-state index in [9.17, 15) is 0 Å². The summed E-state index contributed by atoms with van der Waals surface area (Å²) in [6, 6.07) is 2.00. The van der Waals surface area contributed by atoms with Crippen LogP contribution in [0.1, 0.15) is 26.5 Å². The maximum atomic E-state index is 4.12. The number of aromatic nitrogens is 4. The topological polar surface area (TPSA) is 54.5 Å². The molecule has 2 aromatic heterocycles. The van der Waals surface area contributed by atoms with Gasteiger partial charge in [0.25, 0.3) is 0 Å². The van der Waals surface area contributed by atoms with Gasteiger partial charge in [0.1, 0.15) is 0 Å². The van der Waals surface area contributed by atoms with Crippen molar-refractivity contribution in [1.82, 2.24) is 20.2 Å². The van der Waals surface area contributed by atoms with Gasteiger partial charge in [0.2, 0.25) is 0 Å². The first-order valence-electron chi connectivity index (χ1n) is 4.25. The quantitative estimate of drug-likeness (QED) is 0.664. The summed E-state index contributed by atoms with van der Waals surface area (Å²) < 4.78 is 0. The summed E-state index contributed by atoms with van der Waals surface area (Å²) in [4.78, 5) is 7.03. The fraction of sp³-hybridized carbons (Fsp3) is 0.444. The largest absolute Gasteiger partial charge is 0.343 e. The van der Waals surface area contributed by atoms with Gasteiger partial charge in [0, 0.05) is 5.41 Å². The SMILES string of the molecule is CC(C)(C)c1cc2[nH]cnc2nn1. The smallest absolute Gasteiger partial charge is 0.199 e. The van der Waals surface area contributed by atoms with E-state index >= 15 is 0 Å². The second-order valence-corrected chi connectivity index (χ2v) is 4.12. The minimum Gasteiger partial charge on any atom is -0.343 e. The zero-order valence-corrected chi connectivity index (χ0v) is 8.00. The first-order valence-corrected chi connectivity index (χ1v) is 4.25. The molecule has 0 atom stereocenters. The lowest BCUT2D eigenvalue weighted by atomic mass is 9.92. The van der Waals surface area contributed by atoms with E-state index in [0.29, 0.717) is 5.65 Å². The molecule has 4 heteroatoms. The zero-order chi connectivity index (χ0) is 9.47. The third-order valence-electron chi connectivity index (χ3n) is 1.95. The van der Waals surface area contributed by atoms with E-state index in [-0.39, 0.29) is 5.41 Å². The minimum atomic E-state index is 0.0340. The number of hydrogen-bond donors (Lipinski definition) is 1. The number of nitrogens with one attached hydrogen (secondary N) is 1. The number of rotatable bonds is 0. The lowest BCUT2D eigenvalue weighted by Crippen LogP contribution is -2.14. The van der Waals surface area contributed by atoms with Crippen molar-refractivity contribution < 1.29 is 0 Å². The average molecular weight is 176 g/mol. The van der Waals surface area contributed by atoms with Gasteiger partial charge in [-0.15, -0.1) is 5.10 Å². The molecule has 0 unspecified atom stereocenters. The molecule has 0 spiro atoms. The number of fused-ring (bicyclic) bond motifs is 1. The lowest BCUT2D eigenvalue weighted by Gasteiger charge is -2.15. The van der Waals surface area contributed by atoms with E-state index in [4.69, 9.17) is 0 Å². The van der Waals surface area contributed by atoms with E-state index in [1.807, 2.05) is 6.07 Å². The highest BCUT2D eigenvalue weighted by Gasteiger charge is 2.16. The molecular weight excluding hydrogens is 164 g/mol. The molecule has 0 aliphatic rings. The maximum Gasteiger partial charge on any atom is 0.199 e. The van der Waals surface area contributed by atoms with Gasteiger partial charge in [-0.05, 0) is 6.07 Å². The summed E-state index contributed by atoms with van der Waals surface area (Å²) in [5.74, 6) is 0. The normalized spacial score (nSPS) is 12.2. The molecule has 1 N–H and O–H groups in total. The molecule has 13 heavy (non-hydrogen) atoms. The van der Waals surface area contributed by atoms with E-state index in [2.05, 4.69) is 40.9 Å². The van der Waals surface area contributed by atoms with E-state index in [1.54, 1.807) is 6.33 Å². The van der Waals surface area contributed by atoms with Crippen LogP contribution >= 0.6 is 0 Å². The molecule has 0 aliphatic carbocycles. The number of H-pyrrole nitrogens is 1. The summed E-state index contributed by atoms with van der Waals surface area (Å²) in [7, 11) is 0. The number of imidazole rings is 1. The molecule has 0 aliphatic heterocycles. The summed E-state index contributed by atoms with van der Waals surface area (Å²) in [6.07, 6.45) is 1.63. The van der Waals surface area contributed by atoms with E-state index in [0.717, 1.165) is 11.2 Å². The molecule has 0 amide bonds. The summed E-state index contributed by atoms with van der Waals surface area (Å²) >= 11 is 0. The monoisotopic (exact) mass is 176 g/mol. The van der Waals surface area contributed by atoms with Crippen LogP contribution in [0.25, 0.3) is 11.2 Å². The Balaban J connectivity index is 2.61. The Labute approximate surface area is 76.4 Å². The van der Waals surface area contributed by atoms with Crippen LogP contribution in [0.15, 0.2) is 12.4 Å². The van der Waals surface area contributed by atoms with Crippen molar-refractivity contribution in [1.29, 1.82) is 0 Å². The van der Waals surface area contributed by atoms with Crippen LogP contribution in [0.5, 0.6) is 0 Å². The van der Waals surface area contributed by atoms with Crippen molar-refractivity contribution in [3.8, 4) is 0 Å². The van der Waals surface area contributed by atoms with Crippen molar-refractivity contribution in [2.24, 2.45) is 0 Å². The van der Waals surface area contributed by atoms with Gasteiger partial charge in [0.05, 0.1) is 17.5 Å². The Morgan fingerprint density at radius 1 is 1.23 bits per heavy atom. The van der Waals surface area contributed by atoms with Crippen LogP contribution in [0.4, 0.5) is 0 Å². The molecule has 4 nitrogen and oxygen atoms in total. The Hall–Kier alpha value is -1.45. The molecule has 2 aromatic rings. The van der Waals surface area contributed by atoms with Crippen LogP contribution in [-0.2, 0) is 5.41 Å². The molecule has 0 radical (unpaired) electrons. The first-order chi connectivity index (χ1) is 6.07. The average Bonchev–Trinajstić information content (AvgIpc) is 2.47. The Morgan fingerprint density at radius 2 is 2.00 bits per heavy atom. The number of nitrogens with zero attached hydrogens (tertiary/aromatic N) is 3. The van der Waals surface area contributed by atoms with E-state index < -0.39 is 0 Å². The second kappa shape index (κ2) is 2.52. The number of aromatic amines is 1. The summed E-state index contributed by atoms with van der Waals surface area (Å²) in [6.45, 7) is 6.33. The molecule has 0 saturated carbocycles. The zero-order valence-electron chi connectivity index (χ0n) is 8.00. The molecule has 0 saturated heterocycles. The molecule has 0 bridgehead atoms. The van der Waals surface area contributed by atoms with Crippen LogP contribution in [0, 0.1) is 0 Å². The van der Waals surface area contributed by atoms with Crippen LogP contribution in [-0.4, -0.2) is 20.2 Å². The highest BCUT2D eigenvalue weighted by molar-refractivity contribution is 5.69. The van der Waals surface area contributed by atoms with E-state index in [1.165, 1.54) is 0 Å². The molecule has 2 heterocycles. The molecule has 0 aromatic carbocycles. The first kappa shape index (κ1) is 8.16. The fourth-order valence-electron chi connectivity index (χ4n) is 1.12. The fourth-order valence-corrected chi connectivity index (χ4v) is 1.12. The predicted molar refractivity (Wildman–Crippen MR) is 50.4 cm³/mol. The van der Waals surface area contributed by atoms with Gasteiger partial charge in [0.15, 0.2) is 5.65 Å². The lowest BCUT2D eigenvalue weighted by molar-refractivity contribution is 0.561. The molecular formula is C9H12N4. The van der Waals surface area contributed by atoms with Gasteiger partial charge in [-0.3, -0.25) is 0 Å². The Morgan fingerprint density at radius 3 is 2.69 bits per heavy atom. The van der Waals surface area contributed by atoms with Gasteiger partial charge in [-0.25, -0.2) is 4.98 Å². The van der Waals surface area contributed by atoms with Crippen molar-refractivity contribution >= 4 is 11.2 Å². The van der Waals surface area contributed by atoms with Crippen LogP contribution in [0.2, 0.25) is 0 Å². The second-order valence-electron chi connectivity index (χ2n) is 4.12. The van der Waals surface area contributed by atoms with Crippen molar-refractivity contribution in [2.45, 2.75) is 26.2 Å². The third-order valence-corrected chi connectivity index (χ3v) is 1.95. The standard InChI is InChI=1S/C9H12N4/c1-9(2,3)7-4-6-8(13-12-7)11-5-10-6/h4-5H,1-3H3,(H,10,11,13). The summed E-state index contributed by atoms with van der Waals surface area (Å²) in [5, 5.41) is 8.13. The molecule has 2 rings (SSSR count).